The molecule has 160 valence electrons. The molecule has 0 aliphatic carbocycles. The first-order valence-corrected chi connectivity index (χ1v) is 10.2. The summed E-state index contributed by atoms with van der Waals surface area (Å²) in [5, 5.41) is 6.69. The van der Waals surface area contributed by atoms with Crippen LogP contribution < -0.4 is 20.1 Å². The summed E-state index contributed by atoms with van der Waals surface area (Å²) in [5.74, 6) is 2.70. The van der Waals surface area contributed by atoms with Crippen molar-refractivity contribution in [1.29, 1.82) is 0 Å². The third-order valence-electron chi connectivity index (χ3n) is 4.34. The minimum absolute atomic E-state index is 0. The number of benzene rings is 1. The molecule has 1 atom stereocenters. The maximum Gasteiger partial charge on any atom is 0.191 e. The number of fused-ring (bicyclic) bond motifs is 1. The third-order valence-corrected chi connectivity index (χ3v) is 4.34. The standard InChI is InChI=1S/C21H35N3O3.HI/c1-5-22-21(23-10-8-9-11-25-6-2)24-15-18-14-20-17(12-16(4)27-20)13-19(18)26-7-3;/h13-14,16H,5-12,15H2,1-4H3,(H2,22,23,24);1H. The lowest BCUT2D eigenvalue weighted by Gasteiger charge is -2.14. The van der Waals surface area contributed by atoms with Gasteiger partial charge in [-0.2, -0.15) is 0 Å². The molecule has 0 saturated carbocycles. The van der Waals surface area contributed by atoms with Gasteiger partial charge in [-0.1, -0.05) is 0 Å². The second-order valence-corrected chi connectivity index (χ2v) is 6.66. The number of halogens is 1. The molecule has 2 N–H and O–H groups in total. The first-order valence-electron chi connectivity index (χ1n) is 10.2. The van der Waals surface area contributed by atoms with Gasteiger partial charge in [-0.15, -0.1) is 24.0 Å². The smallest absolute Gasteiger partial charge is 0.191 e. The van der Waals surface area contributed by atoms with Gasteiger partial charge >= 0.3 is 0 Å². The van der Waals surface area contributed by atoms with Crippen LogP contribution in [0.5, 0.6) is 11.5 Å². The van der Waals surface area contributed by atoms with E-state index in [2.05, 4.69) is 36.6 Å². The monoisotopic (exact) mass is 505 g/mol. The molecule has 0 fully saturated rings. The molecule has 0 radical (unpaired) electrons. The molecule has 1 heterocycles. The van der Waals surface area contributed by atoms with Gasteiger partial charge in [0.1, 0.15) is 17.6 Å². The number of unbranched alkanes of at least 4 members (excludes halogenated alkanes) is 1. The Morgan fingerprint density at radius 1 is 1.18 bits per heavy atom. The molecule has 0 bridgehead atoms. The highest BCUT2D eigenvalue weighted by Gasteiger charge is 2.21. The van der Waals surface area contributed by atoms with E-state index in [1.807, 2.05) is 13.8 Å². The van der Waals surface area contributed by atoms with Crippen LogP contribution in [0.4, 0.5) is 0 Å². The Balaban J connectivity index is 0.00000392. The maximum atomic E-state index is 5.90. The molecule has 1 aliphatic rings. The molecule has 0 aromatic heterocycles. The molecule has 1 aromatic rings. The van der Waals surface area contributed by atoms with Crippen molar-refractivity contribution in [2.75, 3.05) is 32.9 Å². The minimum atomic E-state index is 0. The second kappa shape index (κ2) is 13.9. The zero-order chi connectivity index (χ0) is 19.5. The fraction of sp³-hybridized carbons (Fsp3) is 0.667. The van der Waals surface area contributed by atoms with Crippen LogP contribution in [-0.4, -0.2) is 45.0 Å². The zero-order valence-electron chi connectivity index (χ0n) is 17.7. The van der Waals surface area contributed by atoms with E-state index < -0.39 is 0 Å². The van der Waals surface area contributed by atoms with E-state index in [1.54, 1.807) is 0 Å². The molecular formula is C21H36IN3O3. The molecule has 1 aliphatic heterocycles. The number of hydrogen-bond acceptors (Lipinski definition) is 4. The fourth-order valence-electron chi connectivity index (χ4n) is 3.08. The maximum absolute atomic E-state index is 5.90. The van der Waals surface area contributed by atoms with Crippen molar-refractivity contribution in [2.24, 2.45) is 4.99 Å². The summed E-state index contributed by atoms with van der Waals surface area (Å²) in [4.78, 5) is 4.73. The van der Waals surface area contributed by atoms with Gasteiger partial charge in [0, 0.05) is 43.9 Å². The highest BCUT2D eigenvalue weighted by Crippen LogP contribution is 2.35. The van der Waals surface area contributed by atoms with Crippen LogP contribution in [0.15, 0.2) is 17.1 Å². The molecule has 28 heavy (non-hydrogen) atoms. The summed E-state index contributed by atoms with van der Waals surface area (Å²) in [5.41, 5.74) is 2.27. The minimum Gasteiger partial charge on any atom is -0.494 e. The lowest BCUT2D eigenvalue weighted by molar-refractivity contribution is 0.143. The van der Waals surface area contributed by atoms with Gasteiger partial charge in [-0.05, 0) is 52.7 Å². The lowest BCUT2D eigenvalue weighted by Crippen LogP contribution is -2.37. The van der Waals surface area contributed by atoms with Crippen molar-refractivity contribution in [3.63, 3.8) is 0 Å². The second-order valence-electron chi connectivity index (χ2n) is 6.66. The van der Waals surface area contributed by atoms with E-state index in [1.165, 1.54) is 5.56 Å². The topological polar surface area (TPSA) is 64.1 Å². The molecule has 7 heteroatoms. The first kappa shape index (κ1) is 24.8. The van der Waals surface area contributed by atoms with E-state index in [0.29, 0.717) is 13.2 Å². The Morgan fingerprint density at radius 2 is 2.00 bits per heavy atom. The van der Waals surface area contributed by atoms with Gasteiger partial charge in [-0.3, -0.25) is 0 Å². The Morgan fingerprint density at radius 3 is 2.71 bits per heavy atom. The van der Waals surface area contributed by atoms with Gasteiger partial charge < -0.3 is 24.8 Å². The van der Waals surface area contributed by atoms with Gasteiger partial charge in [-0.25, -0.2) is 4.99 Å². The van der Waals surface area contributed by atoms with E-state index in [-0.39, 0.29) is 30.1 Å². The van der Waals surface area contributed by atoms with E-state index in [0.717, 1.165) is 68.6 Å². The van der Waals surface area contributed by atoms with Gasteiger partial charge in [0.2, 0.25) is 0 Å². The van der Waals surface area contributed by atoms with Crippen LogP contribution in [0.25, 0.3) is 0 Å². The van der Waals surface area contributed by atoms with Gasteiger partial charge in [0.25, 0.3) is 0 Å². The largest absolute Gasteiger partial charge is 0.494 e. The molecule has 1 aromatic carbocycles. The molecule has 2 rings (SSSR count). The third kappa shape index (κ3) is 8.03. The summed E-state index contributed by atoms with van der Waals surface area (Å²) in [6, 6.07) is 4.19. The average molecular weight is 505 g/mol. The van der Waals surface area contributed by atoms with Crippen molar-refractivity contribution in [3.8, 4) is 11.5 Å². The Labute approximate surface area is 186 Å². The average Bonchev–Trinajstić information content (AvgIpc) is 3.01. The Bertz CT molecular complexity index is 611. The number of rotatable bonds is 11. The molecular weight excluding hydrogens is 469 g/mol. The number of guanidine groups is 1. The van der Waals surface area contributed by atoms with E-state index in [4.69, 9.17) is 19.2 Å². The fourth-order valence-corrected chi connectivity index (χ4v) is 3.08. The van der Waals surface area contributed by atoms with E-state index in [9.17, 15) is 0 Å². The van der Waals surface area contributed by atoms with Crippen LogP contribution in [0, 0.1) is 0 Å². The van der Waals surface area contributed by atoms with Crippen molar-refractivity contribution in [1.82, 2.24) is 10.6 Å². The van der Waals surface area contributed by atoms with Crippen LogP contribution in [-0.2, 0) is 17.7 Å². The molecule has 6 nitrogen and oxygen atoms in total. The predicted octanol–water partition coefficient (Wildman–Crippen LogP) is 3.90. The Kier molecular flexibility index (Phi) is 12.3. The Hall–Kier alpha value is -1.22. The molecule has 0 spiro atoms. The van der Waals surface area contributed by atoms with Gasteiger partial charge in [0.05, 0.1) is 13.2 Å². The number of ether oxygens (including phenoxy) is 3. The van der Waals surface area contributed by atoms with Crippen LogP contribution in [0.1, 0.15) is 51.7 Å². The summed E-state index contributed by atoms with van der Waals surface area (Å²) >= 11 is 0. The van der Waals surface area contributed by atoms with E-state index >= 15 is 0 Å². The van der Waals surface area contributed by atoms with Crippen LogP contribution >= 0.6 is 24.0 Å². The summed E-state index contributed by atoms with van der Waals surface area (Å²) in [6.07, 6.45) is 3.27. The summed E-state index contributed by atoms with van der Waals surface area (Å²) < 4.78 is 17.1. The number of nitrogens with zero attached hydrogens (tertiary/aromatic N) is 1. The molecule has 0 amide bonds. The summed E-state index contributed by atoms with van der Waals surface area (Å²) in [6.45, 7) is 12.7. The predicted molar refractivity (Wildman–Crippen MR) is 125 cm³/mol. The highest BCUT2D eigenvalue weighted by atomic mass is 127. The summed E-state index contributed by atoms with van der Waals surface area (Å²) in [7, 11) is 0. The number of aliphatic imine (C=N–C) groups is 1. The SMILES string of the molecule is CCNC(=NCc1cc2c(cc1OCC)CC(C)O2)NCCCCOCC.I. The number of nitrogens with one attached hydrogen (secondary N) is 2. The zero-order valence-corrected chi connectivity index (χ0v) is 20.0. The van der Waals surface area contributed by atoms with Crippen molar-refractivity contribution >= 4 is 29.9 Å². The highest BCUT2D eigenvalue weighted by molar-refractivity contribution is 14.0. The van der Waals surface area contributed by atoms with Crippen molar-refractivity contribution < 1.29 is 14.2 Å². The quantitative estimate of drug-likeness (QED) is 0.207. The molecule has 1 unspecified atom stereocenters. The normalized spacial score (nSPS) is 15.4. The van der Waals surface area contributed by atoms with Crippen LogP contribution in [0.2, 0.25) is 0 Å². The lowest BCUT2D eigenvalue weighted by atomic mass is 10.1. The molecule has 0 saturated heterocycles. The first-order chi connectivity index (χ1) is 13.2. The van der Waals surface area contributed by atoms with Crippen molar-refractivity contribution in [3.05, 3.63) is 23.3 Å². The van der Waals surface area contributed by atoms with Crippen molar-refractivity contribution in [2.45, 2.75) is 59.6 Å². The number of hydrogen-bond donors (Lipinski definition) is 2. The van der Waals surface area contributed by atoms with Crippen LogP contribution in [0.3, 0.4) is 0 Å². The van der Waals surface area contributed by atoms with Gasteiger partial charge in [0.15, 0.2) is 5.96 Å².